The molecular weight excluding hydrogens is 176 g/mol. The first-order valence-electron chi connectivity index (χ1n) is 5.53. The molecule has 1 saturated carbocycles. The maximum Gasteiger partial charge on any atom is 0.142 e. The predicted molar refractivity (Wildman–Crippen MR) is 57.0 cm³/mol. The number of aldehydes is 1. The molecule has 0 saturated heterocycles. The summed E-state index contributed by atoms with van der Waals surface area (Å²) in [4.78, 5) is 10.2. The molecule has 0 aromatic carbocycles. The Balaban J connectivity index is 2.35. The predicted octanol–water partition coefficient (Wildman–Crippen LogP) is 2.46. The normalized spacial score (nSPS) is 22.0. The summed E-state index contributed by atoms with van der Waals surface area (Å²) in [6.07, 6.45) is 8.86. The van der Waals surface area contributed by atoms with Crippen molar-refractivity contribution in [2.75, 3.05) is 0 Å². The lowest BCUT2D eigenvalue weighted by atomic mass is 9.83. The van der Waals surface area contributed by atoms with Gasteiger partial charge in [-0.3, -0.25) is 4.79 Å². The second-order valence-electron chi connectivity index (χ2n) is 4.32. The number of carbonyl (C=O) groups excluding carboxylic acids is 1. The first-order chi connectivity index (χ1) is 6.74. The van der Waals surface area contributed by atoms with Crippen LogP contribution in [0.25, 0.3) is 0 Å². The molecule has 0 aromatic rings. The lowest BCUT2D eigenvalue weighted by molar-refractivity contribution is -0.104. The molecule has 1 unspecified atom stereocenters. The van der Waals surface area contributed by atoms with Crippen LogP contribution >= 0.6 is 0 Å². The van der Waals surface area contributed by atoms with Crippen LogP contribution < -0.4 is 0 Å². The van der Waals surface area contributed by atoms with Crippen LogP contribution in [0.15, 0.2) is 11.6 Å². The number of hydrogen-bond donors (Lipinski definition) is 1. The van der Waals surface area contributed by atoms with Crippen molar-refractivity contribution in [3.8, 4) is 0 Å². The Kier molecular flexibility index (Phi) is 4.88. The van der Waals surface area contributed by atoms with Crippen LogP contribution in [0.4, 0.5) is 0 Å². The minimum Gasteiger partial charge on any atom is -0.393 e. The quantitative estimate of drug-likeness (QED) is 0.554. The number of carbonyl (C=O) groups is 1. The van der Waals surface area contributed by atoms with Gasteiger partial charge in [-0.2, -0.15) is 0 Å². The molecule has 80 valence electrons. The second kappa shape index (κ2) is 5.97. The van der Waals surface area contributed by atoms with Crippen molar-refractivity contribution < 1.29 is 9.90 Å². The third kappa shape index (κ3) is 3.62. The van der Waals surface area contributed by atoms with Gasteiger partial charge in [0.05, 0.1) is 6.10 Å². The van der Waals surface area contributed by atoms with Gasteiger partial charge in [0.15, 0.2) is 0 Å². The molecule has 2 heteroatoms. The Labute approximate surface area is 86.0 Å². The molecule has 0 spiro atoms. The molecule has 1 aliphatic carbocycles. The van der Waals surface area contributed by atoms with Gasteiger partial charge in [-0.15, -0.1) is 0 Å². The maximum atomic E-state index is 10.2. The molecule has 1 rings (SSSR count). The van der Waals surface area contributed by atoms with Gasteiger partial charge in [-0.1, -0.05) is 24.8 Å². The molecule has 0 heterocycles. The highest BCUT2D eigenvalue weighted by Crippen LogP contribution is 2.28. The Morgan fingerprint density at radius 3 is 2.64 bits per heavy atom. The zero-order valence-corrected chi connectivity index (χ0v) is 8.91. The van der Waals surface area contributed by atoms with Gasteiger partial charge in [0.2, 0.25) is 0 Å². The fraction of sp³-hybridized carbons (Fsp3) is 0.750. The first kappa shape index (κ1) is 11.4. The van der Waals surface area contributed by atoms with Crippen LogP contribution in [-0.4, -0.2) is 17.5 Å². The fourth-order valence-corrected chi connectivity index (χ4v) is 2.20. The summed E-state index contributed by atoms with van der Waals surface area (Å²) in [5.74, 6) is 0.457. The third-order valence-electron chi connectivity index (χ3n) is 3.08. The lowest BCUT2D eigenvalue weighted by Gasteiger charge is -2.26. The molecule has 0 amide bonds. The highest BCUT2D eigenvalue weighted by Gasteiger charge is 2.21. The summed E-state index contributed by atoms with van der Waals surface area (Å²) in [5.41, 5.74) is 0.984. The summed E-state index contributed by atoms with van der Waals surface area (Å²) in [5, 5.41) is 9.91. The fourth-order valence-electron chi connectivity index (χ4n) is 2.20. The van der Waals surface area contributed by atoms with Gasteiger partial charge in [0, 0.05) is 0 Å². The van der Waals surface area contributed by atoms with Gasteiger partial charge < -0.3 is 5.11 Å². The van der Waals surface area contributed by atoms with Crippen LogP contribution in [0.2, 0.25) is 0 Å². The number of aliphatic hydroxyl groups is 1. The van der Waals surface area contributed by atoms with Gasteiger partial charge in [0.1, 0.15) is 6.29 Å². The second-order valence-corrected chi connectivity index (χ2v) is 4.32. The van der Waals surface area contributed by atoms with Crippen molar-refractivity contribution in [1.29, 1.82) is 0 Å². The van der Waals surface area contributed by atoms with E-state index in [0.29, 0.717) is 12.3 Å². The SMILES string of the molecule is C/C(=C\C=O)CC(O)C1CCCCC1. The third-order valence-corrected chi connectivity index (χ3v) is 3.08. The highest BCUT2D eigenvalue weighted by atomic mass is 16.3. The minimum absolute atomic E-state index is 0.244. The van der Waals surface area contributed by atoms with Crippen molar-refractivity contribution in [2.24, 2.45) is 5.92 Å². The molecule has 14 heavy (non-hydrogen) atoms. The Hall–Kier alpha value is -0.630. The zero-order valence-electron chi connectivity index (χ0n) is 8.91. The van der Waals surface area contributed by atoms with Gasteiger partial charge >= 0.3 is 0 Å². The van der Waals surface area contributed by atoms with Crippen LogP contribution in [0.3, 0.4) is 0 Å². The Morgan fingerprint density at radius 2 is 2.07 bits per heavy atom. The van der Waals surface area contributed by atoms with E-state index in [0.717, 1.165) is 24.7 Å². The summed E-state index contributed by atoms with van der Waals surface area (Å²) < 4.78 is 0. The van der Waals surface area contributed by atoms with Crippen molar-refractivity contribution >= 4 is 6.29 Å². The van der Waals surface area contributed by atoms with Crippen LogP contribution in [0.5, 0.6) is 0 Å². The summed E-state index contributed by atoms with van der Waals surface area (Å²) in [6, 6.07) is 0. The maximum absolute atomic E-state index is 10.2. The van der Waals surface area contributed by atoms with Crippen LogP contribution in [0.1, 0.15) is 45.4 Å². The van der Waals surface area contributed by atoms with Gasteiger partial charge in [-0.05, 0) is 38.2 Å². The van der Waals surface area contributed by atoms with E-state index in [-0.39, 0.29) is 6.10 Å². The van der Waals surface area contributed by atoms with Crippen molar-refractivity contribution in [3.63, 3.8) is 0 Å². The smallest absolute Gasteiger partial charge is 0.142 e. The van der Waals surface area contributed by atoms with Crippen molar-refractivity contribution in [3.05, 3.63) is 11.6 Å². The van der Waals surface area contributed by atoms with E-state index in [9.17, 15) is 9.90 Å². The molecule has 1 atom stereocenters. The molecule has 1 N–H and O–H groups in total. The van der Waals surface area contributed by atoms with Crippen LogP contribution in [-0.2, 0) is 4.79 Å². The number of hydrogen-bond acceptors (Lipinski definition) is 2. The Morgan fingerprint density at radius 1 is 1.43 bits per heavy atom. The zero-order chi connectivity index (χ0) is 10.4. The minimum atomic E-state index is -0.244. The van der Waals surface area contributed by atoms with Gasteiger partial charge in [0.25, 0.3) is 0 Å². The van der Waals surface area contributed by atoms with E-state index in [2.05, 4.69) is 0 Å². The van der Waals surface area contributed by atoms with Gasteiger partial charge in [-0.25, -0.2) is 0 Å². The van der Waals surface area contributed by atoms with E-state index in [4.69, 9.17) is 0 Å². The topological polar surface area (TPSA) is 37.3 Å². The standard InChI is InChI=1S/C12H20O2/c1-10(7-8-13)9-12(14)11-5-3-2-4-6-11/h7-8,11-12,14H,2-6,9H2,1H3/b10-7+. The van der Waals surface area contributed by atoms with Crippen LogP contribution in [0, 0.1) is 5.92 Å². The molecule has 0 aliphatic heterocycles. The summed E-state index contributed by atoms with van der Waals surface area (Å²) in [7, 11) is 0. The molecule has 1 fully saturated rings. The molecular formula is C12H20O2. The number of aliphatic hydroxyl groups excluding tert-OH is 1. The molecule has 0 aromatic heterocycles. The van der Waals surface area contributed by atoms with Crippen molar-refractivity contribution in [1.82, 2.24) is 0 Å². The Bertz CT molecular complexity index is 202. The highest BCUT2D eigenvalue weighted by molar-refractivity contribution is 5.65. The first-order valence-corrected chi connectivity index (χ1v) is 5.53. The van der Waals surface area contributed by atoms with E-state index in [1.54, 1.807) is 6.08 Å². The molecule has 2 nitrogen and oxygen atoms in total. The van der Waals surface area contributed by atoms with Crippen molar-refractivity contribution in [2.45, 2.75) is 51.6 Å². The molecule has 1 aliphatic rings. The van der Waals surface area contributed by atoms with E-state index >= 15 is 0 Å². The average Bonchev–Trinajstić information content (AvgIpc) is 2.19. The van der Waals surface area contributed by atoms with E-state index in [1.807, 2.05) is 6.92 Å². The summed E-state index contributed by atoms with van der Waals surface area (Å²) >= 11 is 0. The summed E-state index contributed by atoms with van der Waals surface area (Å²) in [6.45, 7) is 1.90. The molecule has 0 bridgehead atoms. The monoisotopic (exact) mass is 196 g/mol. The molecule has 0 radical (unpaired) electrons. The largest absolute Gasteiger partial charge is 0.393 e. The van der Waals surface area contributed by atoms with E-state index in [1.165, 1.54) is 19.3 Å². The van der Waals surface area contributed by atoms with E-state index < -0.39 is 0 Å². The number of allylic oxidation sites excluding steroid dienone is 1. The lowest BCUT2D eigenvalue weighted by Crippen LogP contribution is -2.23. The average molecular weight is 196 g/mol. The number of rotatable bonds is 4.